The van der Waals surface area contributed by atoms with Crippen molar-refractivity contribution in [1.29, 1.82) is 0 Å². The lowest BCUT2D eigenvalue weighted by Gasteiger charge is -2.54. The Morgan fingerprint density at radius 2 is 1.53 bits per heavy atom. The minimum Gasteiger partial charge on any atom is -0.508 e. The normalized spacial score (nSPS) is 21.9. The number of rotatable bonds is 4. The number of hydrogen-bond donors (Lipinski definition) is 2. The van der Waals surface area contributed by atoms with E-state index in [1.54, 1.807) is 12.1 Å². The molecule has 0 saturated carbocycles. The SMILES string of the molecule is CC1(C)CCC(OC(=O)CC(c2ccc(O)cc2)(C(C)(C)C)C(C)(C)C)C(C)(C)N1. The lowest BCUT2D eigenvalue weighted by Crippen LogP contribution is -2.63. The van der Waals surface area contributed by atoms with Gasteiger partial charge in [-0.15, -0.1) is 0 Å². The maximum absolute atomic E-state index is 13.4. The Morgan fingerprint density at radius 3 is 1.97 bits per heavy atom. The van der Waals surface area contributed by atoms with Gasteiger partial charge in [-0.25, -0.2) is 0 Å². The van der Waals surface area contributed by atoms with Crippen molar-refractivity contribution in [1.82, 2.24) is 5.32 Å². The molecule has 0 aromatic heterocycles. The van der Waals surface area contributed by atoms with Gasteiger partial charge in [0.1, 0.15) is 11.9 Å². The predicted molar refractivity (Wildman–Crippen MR) is 124 cm³/mol. The van der Waals surface area contributed by atoms with E-state index in [4.69, 9.17) is 4.74 Å². The number of carbonyl (C=O) groups excluding carboxylic acids is 1. The van der Waals surface area contributed by atoms with Crippen molar-refractivity contribution < 1.29 is 14.6 Å². The highest BCUT2D eigenvalue weighted by atomic mass is 16.5. The summed E-state index contributed by atoms with van der Waals surface area (Å²) in [5.41, 5.74) is -0.0516. The molecule has 4 heteroatoms. The molecule has 1 heterocycles. The van der Waals surface area contributed by atoms with Crippen LogP contribution in [0.1, 0.15) is 94.1 Å². The molecule has 2 rings (SSSR count). The number of carbonyl (C=O) groups is 1. The molecule has 1 aromatic carbocycles. The van der Waals surface area contributed by atoms with Crippen molar-refractivity contribution in [2.45, 2.75) is 111 Å². The van der Waals surface area contributed by atoms with Crippen molar-refractivity contribution in [3.05, 3.63) is 29.8 Å². The maximum Gasteiger partial charge on any atom is 0.307 e. The van der Waals surface area contributed by atoms with Crippen LogP contribution in [0.5, 0.6) is 5.75 Å². The Hall–Kier alpha value is -1.55. The quantitative estimate of drug-likeness (QED) is 0.593. The molecule has 170 valence electrons. The summed E-state index contributed by atoms with van der Waals surface area (Å²) < 4.78 is 6.14. The molecular weight excluding hydrogens is 374 g/mol. The molecule has 0 spiro atoms. The number of ether oxygens (including phenoxy) is 1. The van der Waals surface area contributed by atoms with Gasteiger partial charge in [0.15, 0.2) is 0 Å². The molecule has 1 saturated heterocycles. The smallest absolute Gasteiger partial charge is 0.307 e. The zero-order chi connectivity index (χ0) is 23.2. The van der Waals surface area contributed by atoms with E-state index in [9.17, 15) is 9.90 Å². The van der Waals surface area contributed by atoms with Gasteiger partial charge in [0.25, 0.3) is 0 Å². The number of piperidine rings is 1. The fourth-order valence-corrected chi connectivity index (χ4v) is 5.86. The first-order chi connectivity index (χ1) is 13.4. The molecule has 30 heavy (non-hydrogen) atoms. The van der Waals surface area contributed by atoms with E-state index >= 15 is 0 Å². The van der Waals surface area contributed by atoms with Crippen LogP contribution in [-0.4, -0.2) is 28.3 Å². The summed E-state index contributed by atoms with van der Waals surface area (Å²) in [6.07, 6.45) is 1.96. The highest BCUT2D eigenvalue weighted by Crippen LogP contribution is 2.56. The topological polar surface area (TPSA) is 58.6 Å². The monoisotopic (exact) mass is 417 g/mol. The van der Waals surface area contributed by atoms with Crippen molar-refractivity contribution in [3.63, 3.8) is 0 Å². The molecule has 1 unspecified atom stereocenters. The molecule has 1 aromatic rings. The van der Waals surface area contributed by atoms with E-state index in [0.717, 1.165) is 18.4 Å². The van der Waals surface area contributed by atoms with Crippen molar-refractivity contribution in [3.8, 4) is 5.75 Å². The molecule has 4 nitrogen and oxygen atoms in total. The first-order valence-corrected chi connectivity index (χ1v) is 11.2. The lowest BCUT2D eigenvalue weighted by atomic mass is 9.50. The Kier molecular flexibility index (Phi) is 6.47. The van der Waals surface area contributed by atoms with Crippen LogP contribution in [0, 0.1) is 10.8 Å². The minimum absolute atomic E-state index is 0.0407. The largest absolute Gasteiger partial charge is 0.508 e. The van der Waals surface area contributed by atoms with Crippen LogP contribution in [0.4, 0.5) is 0 Å². The third kappa shape index (κ3) is 4.85. The standard InChI is InChI=1S/C26H43NO3/c1-22(2,3)26(23(4,5)6,18-11-13-19(28)14-12-18)17-21(29)30-20-15-16-24(7,8)27-25(20,9)10/h11-14,20,27-28H,15-17H2,1-10H3. The van der Waals surface area contributed by atoms with Crippen LogP contribution in [-0.2, 0) is 14.9 Å². The van der Waals surface area contributed by atoms with Crippen molar-refractivity contribution >= 4 is 5.97 Å². The summed E-state index contributed by atoms with van der Waals surface area (Å²) in [4.78, 5) is 13.4. The number of phenolic OH excluding ortho intramolecular Hbond substituents is 1. The van der Waals surface area contributed by atoms with Gasteiger partial charge in [0.05, 0.1) is 12.0 Å². The minimum atomic E-state index is -0.462. The molecule has 1 fully saturated rings. The summed E-state index contributed by atoms with van der Waals surface area (Å²) in [7, 11) is 0. The Balaban J connectivity index is 2.39. The van der Waals surface area contributed by atoms with E-state index in [1.165, 1.54) is 0 Å². The summed E-state index contributed by atoms with van der Waals surface area (Å²) in [5, 5.41) is 13.5. The lowest BCUT2D eigenvalue weighted by molar-refractivity contribution is -0.161. The Morgan fingerprint density at radius 1 is 1.03 bits per heavy atom. The summed E-state index contributed by atoms with van der Waals surface area (Å²) >= 11 is 0. The van der Waals surface area contributed by atoms with Gasteiger partial charge in [-0.2, -0.15) is 0 Å². The zero-order valence-electron chi connectivity index (χ0n) is 20.8. The number of phenols is 1. The average molecular weight is 418 g/mol. The van der Waals surface area contributed by atoms with Crippen LogP contribution in [0.15, 0.2) is 24.3 Å². The van der Waals surface area contributed by atoms with Gasteiger partial charge in [0.2, 0.25) is 0 Å². The molecule has 1 aliphatic rings. The highest BCUT2D eigenvalue weighted by molar-refractivity contribution is 5.72. The fourth-order valence-electron chi connectivity index (χ4n) is 5.86. The molecule has 1 atom stereocenters. The van der Waals surface area contributed by atoms with E-state index < -0.39 is 5.41 Å². The Bertz CT molecular complexity index is 734. The summed E-state index contributed by atoms with van der Waals surface area (Å²) in [5.74, 6) is 0.0724. The molecule has 1 aliphatic heterocycles. The second-order valence-corrected chi connectivity index (χ2v) is 12.4. The van der Waals surface area contributed by atoms with Gasteiger partial charge >= 0.3 is 5.97 Å². The van der Waals surface area contributed by atoms with E-state index in [0.29, 0.717) is 6.42 Å². The summed E-state index contributed by atoms with van der Waals surface area (Å²) in [6.45, 7) is 21.8. The highest BCUT2D eigenvalue weighted by Gasteiger charge is 2.53. The third-order valence-corrected chi connectivity index (χ3v) is 7.10. The van der Waals surface area contributed by atoms with E-state index in [-0.39, 0.29) is 39.7 Å². The molecule has 0 amide bonds. The second kappa shape index (κ2) is 7.85. The van der Waals surface area contributed by atoms with Crippen LogP contribution < -0.4 is 5.32 Å². The maximum atomic E-state index is 13.4. The summed E-state index contributed by atoms with van der Waals surface area (Å²) in [6, 6.07) is 7.33. The fraction of sp³-hybridized carbons (Fsp3) is 0.731. The average Bonchev–Trinajstić information content (AvgIpc) is 2.53. The molecular formula is C26H43NO3. The Labute approximate surface area is 183 Å². The first-order valence-electron chi connectivity index (χ1n) is 11.2. The number of benzene rings is 1. The van der Waals surface area contributed by atoms with E-state index in [1.807, 2.05) is 12.1 Å². The third-order valence-electron chi connectivity index (χ3n) is 7.10. The molecule has 0 radical (unpaired) electrons. The van der Waals surface area contributed by atoms with Crippen LogP contribution in [0.3, 0.4) is 0 Å². The van der Waals surface area contributed by atoms with Gasteiger partial charge in [0, 0.05) is 11.0 Å². The molecule has 0 bridgehead atoms. The predicted octanol–water partition coefficient (Wildman–Crippen LogP) is 5.96. The van der Waals surface area contributed by atoms with Gasteiger partial charge in [-0.1, -0.05) is 53.7 Å². The van der Waals surface area contributed by atoms with Gasteiger partial charge in [-0.05, 0) is 69.1 Å². The van der Waals surface area contributed by atoms with Crippen LogP contribution in [0.2, 0.25) is 0 Å². The second-order valence-electron chi connectivity index (χ2n) is 12.4. The van der Waals surface area contributed by atoms with E-state index in [2.05, 4.69) is 74.6 Å². The number of nitrogens with one attached hydrogen (secondary N) is 1. The van der Waals surface area contributed by atoms with Crippen LogP contribution >= 0.6 is 0 Å². The van der Waals surface area contributed by atoms with Crippen molar-refractivity contribution in [2.24, 2.45) is 10.8 Å². The van der Waals surface area contributed by atoms with Crippen LogP contribution in [0.25, 0.3) is 0 Å². The number of hydrogen-bond acceptors (Lipinski definition) is 4. The number of aromatic hydroxyl groups is 1. The van der Waals surface area contributed by atoms with Gasteiger partial charge < -0.3 is 15.2 Å². The first kappa shape index (κ1) is 24.7. The number of esters is 1. The molecule has 2 N–H and O–H groups in total. The molecule has 0 aliphatic carbocycles. The van der Waals surface area contributed by atoms with Crippen molar-refractivity contribution in [2.75, 3.05) is 0 Å². The zero-order valence-corrected chi connectivity index (χ0v) is 20.8. The van der Waals surface area contributed by atoms with Gasteiger partial charge in [-0.3, -0.25) is 4.79 Å².